The number of allylic oxidation sites excluding steroid dienone is 1. The molecule has 0 aliphatic heterocycles. The fraction of sp³-hybridized carbons (Fsp3) is 0.895. The molecule has 0 amide bonds. The second kappa shape index (κ2) is 4.81. The van der Waals surface area contributed by atoms with Gasteiger partial charge >= 0.3 is 0 Å². The summed E-state index contributed by atoms with van der Waals surface area (Å²) in [7, 11) is 0. The van der Waals surface area contributed by atoms with Gasteiger partial charge in [0.05, 0.1) is 12.2 Å². The van der Waals surface area contributed by atoms with Crippen LogP contribution in [0.25, 0.3) is 0 Å². The van der Waals surface area contributed by atoms with Gasteiger partial charge in [0.2, 0.25) is 0 Å². The molecule has 3 heteroatoms. The van der Waals surface area contributed by atoms with Gasteiger partial charge in [-0.25, -0.2) is 0 Å². The molecule has 0 aromatic heterocycles. The van der Waals surface area contributed by atoms with Crippen LogP contribution in [0.15, 0.2) is 12.2 Å². The maximum Gasteiger partial charge on any atom is 0.0596 e. The summed E-state index contributed by atoms with van der Waals surface area (Å²) in [6, 6.07) is 0.156. The van der Waals surface area contributed by atoms with E-state index in [-0.39, 0.29) is 29.1 Å². The van der Waals surface area contributed by atoms with Gasteiger partial charge in [0.25, 0.3) is 0 Å². The molecule has 124 valence electrons. The minimum absolute atomic E-state index is 0.0279. The molecule has 9 atom stereocenters. The number of aliphatic hydroxyl groups is 2. The van der Waals surface area contributed by atoms with Gasteiger partial charge in [-0.3, -0.25) is 0 Å². The van der Waals surface area contributed by atoms with Crippen molar-refractivity contribution in [3.05, 3.63) is 12.2 Å². The van der Waals surface area contributed by atoms with Crippen LogP contribution in [0.4, 0.5) is 0 Å². The Labute approximate surface area is 134 Å². The van der Waals surface area contributed by atoms with Crippen LogP contribution in [-0.4, -0.2) is 28.5 Å². The maximum absolute atomic E-state index is 10.9. The SMILES string of the molecule is C[C@]12C=CC(N)CC1CC(O)[C@@H]1[C@H]2CC[C@]2(C)C(O)CC[C@@H]12. The third kappa shape index (κ3) is 1.85. The summed E-state index contributed by atoms with van der Waals surface area (Å²) in [6.45, 7) is 4.66. The van der Waals surface area contributed by atoms with E-state index in [0.29, 0.717) is 23.7 Å². The normalized spacial score (nSPS) is 60.5. The van der Waals surface area contributed by atoms with E-state index in [1.54, 1.807) is 0 Å². The summed E-state index contributed by atoms with van der Waals surface area (Å²) < 4.78 is 0. The maximum atomic E-state index is 10.9. The van der Waals surface area contributed by atoms with Crippen LogP contribution in [0, 0.1) is 34.5 Å². The van der Waals surface area contributed by atoms with Crippen molar-refractivity contribution in [3.63, 3.8) is 0 Å². The second-order valence-electron chi connectivity index (χ2n) is 9.05. The van der Waals surface area contributed by atoms with E-state index in [2.05, 4.69) is 26.0 Å². The Bertz CT molecular complexity index is 492. The van der Waals surface area contributed by atoms with Crippen LogP contribution in [0.3, 0.4) is 0 Å². The Balaban J connectivity index is 1.71. The fourth-order valence-electron chi connectivity index (χ4n) is 6.78. The average molecular weight is 305 g/mol. The van der Waals surface area contributed by atoms with Gasteiger partial charge in [0.1, 0.15) is 0 Å². The summed E-state index contributed by atoms with van der Waals surface area (Å²) >= 11 is 0. The molecular formula is C19H31NO2. The first-order valence-corrected chi connectivity index (χ1v) is 9.17. The van der Waals surface area contributed by atoms with Gasteiger partial charge in [-0.05, 0) is 73.0 Å². The van der Waals surface area contributed by atoms with E-state index in [0.717, 1.165) is 38.5 Å². The molecule has 0 bridgehead atoms. The van der Waals surface area contributed by atoms with Crippen molar-refractivity contribution in [1.29, 1.82) is 0 Å². The van der Waals surface area contributed by atoms with E-state index in [1.165, 1.54) is 0 Å². The summed E-state index contributed by atoms with van der Waals surface area (Å²) in [5.74, 6) is 1.90. The lowest BCUT2D eigenvalue weighted by atomic mass is 9.45. The average Bonchev–Trinajstić information content (AvgIpc) is 2.77. The molecule has 4 N–H and O–H groups in total. The topological polar surface area (TPSA) is 66.5 Å². The number of aliphatic hydroxyl groups excluding tert-OH is 2. The molecule has 0 heterocycles. The molecule has 22 heavy (non-hydrogen) atoms. The molecule has 4 unspecified atom stereocenters. The molecule has 3 fully saturated rings. The van der Waals surface area contributed by atoms with Crippen LogP contribution in [0.2, 0.25) is 0 Å². The van der Waals surface area contributed by atoms with Gasteiger partial charge < -0.3 is 15.9 Å². The summed E-state index contributed by atoms with van der Waals surface area (Å²) in [6.07, 6.45) is 10.3. The first-order valence-electron chi connectivity index (χ1n) is 9.17. The minimum atomic E-state index is -0.211. The van der Waals surface area contributed by atoms with Crippen molar-refractivity contribution < 1.29 is 10.2 Å². The standard InChI is InChI=1S/C19H31NO2/c1-18-7-5-12(20)9-11(18)10-15(21)17-13-3-4-16(22)19(13,2)8-6-14(17)18/h5,7,11-17,21-22H,3-4,6,8-10,20H2,1-2H3/t11?,12?,13-,14+,15?,16?,17-,18-,19-/m0/s1. The predicted octanol–water partition coefficient (Wildman–Crippen LogP) is 2.46. The van der Waals surface area contributed by atoms with Gasteiger partial charge in [-0.2, -0.15) is 0 Å². The third-order valence-electron chi connectivity index (χ3n) is 8.19. The second-order valence-corrected chi connectivity index (χ2v) is 9.05. The van der Waals surface area contributed by atoms with Crippen LogP contribution in [0.5, 0.6) is 0 Å². The lowest BCUT2D eigenvalue weighted by molar-refractivity contribution is -0.146. The van der Waals surface area contributed by atoms with E-state index >= 15 is 0 Å². The summed E-state index contributed by atoms with van der Waals surface area (Å²) in [5.41, 5.74) is 6.35. The van der Waals surface area contributed by atoms with E-state index < -0.39 is 0 Å². The Morgan fingerprint density at radius 1 is 1.05 bits per heavy atom. The highest BCUT2D eigenvalue weighted by Crippen LogP contribution is 2.65. The van der Waals surface area contributed by atoms with Crippen molar-refractivity contribution in [2.75, 3.05) is 0 Å². The lowest BCUT2D eigenvalue weighted by Crippen LogP contribution is -2.58. The Morgan fingerprint density at radius 3 is 2.59 bits per heavy atom. The minimum Gasteiger partial charge on any atom is -0.393 e. The van der Waals surface area contributed by atoms with E-state index in [1.807, 2.05) is 0 Å². The number of nitrogens with two attached hydrogens (primary N) is 1. The lowest BCUT2D eigenvalue weighted by Gasteiger charge is -2.60. The molecule has 0 aromatic rings. The van der Waals surface area contributed by atoms with E-state index in [4.69, 9.17) is 5.73 Å². The molecule has 4 aliphatic carbocycles. The van der Waals surface area contributed by atoms with Crippen LogP contribution < -0.4 is 5.73 Å². The van der Waals surface area contributed by atoms with Gasteiger partial charge in [-0.15, -0.1) is 0 Å². The quantitative estimate of drug-likeness (QED) is 0.602. The molecule has 0 aromatic carbocycles. The van der Waals surface area contributed by atoms with Crippen LogP contribution in [-0.2, 0) is 0 Å². The largest absolute Gasteiger partial charge is 0.393 e. The Hall–Kier alpha value is -0.380. The highest BCUT2D eigenvalue weighted by Gasteiger charge is 2.61. The number of hydrogen-bond donors (Lipinski definition) is 3. The highest BCUT2D eigenvalue weighted by molar-refractivity contribution is 5.19. The molecular weight excluding hydrogens is 274 g/mol. The van der Waals surface area contributed by atoms with Gasteiger partial charge in [0.15, 0.2) is 0 Å². The Morgan fingerprint density at radius 2 is 1.82 bits per heavy atom. The zero-order chi connectivity index (χ0) is 15.7. The molecule has 0 spiro atoms. The van der Waals surface area contributed by atoms with E-state index in [9.17, 15) is 10.2 Å². The van der Waals surface area contributed by atoms with Crippen LogP contribution in [0.1, 0.15) is 52.4 Å². The number of fused-ring (bicyclic) bond motifs is 5. The monoisotopic (exact) mass is 305 g/mol. The van der Waals surface area contributed by atoms with Crippen molar-refractivity contribution >= 4 is 0 Å². The number of hydrogen-bond acceptors (Lipinski definition) is 3. The van der Waals surface area contributed by atoms with Gasteiger partial charge in [-0.1, -0.05) is 26.0 Å². The Kier molecular flexibility index (Phi) is 3.32. The highest BCUT2D eigenvalue weighted by atomic mass is 16.3. The summed E-state index contributed by atoms with van der Waals surface area (Å²) in [5, 5.41) is 21.4. The zero-order valence-corrected chi connectivity index (χ0v) is 13.9. The van der Waals surface area contributed by atoms with Gasteiger partial charge in [0, 0.05) is 6.04 Å². The smallest absolute Gasteiger partial charge is 0.0596 e. The predicted molar refractivity (Wildman–Crippen MR) is 87.0 cm³/mol. The molecule has 4 aliphatic rings. The molecule has 0 radical (unpaired) electrons. The van der Waals surface area contributed by atoms with Crippen molar-refractivity contribution in [1.82, 2.24) is 0 Å². The molecule has 3 saturated carbocycles. The van der Waals surface area contributed by atoms with Crippen molar-refractivity contribution in [2.24, 2.45) is 40.2 Å². The molecule has 4 rings (SSSR count). The first-order chi connectivity index (χ1) is 10.4. The fourth-order valence-corrected chi connectivity index (χ4v) is 6.78. The summed E-state index contributed by atoms with van der Waals surface area (Å²) in [4.78, 5) is 0. The molecule has 3 nitrogen and oxygen atoms in total. The third-order valence-corrected chi connectivity index (χ3v) is 8.19. The van der Waals surface area contributed by atoms with Crippen molar-refractivity contribution in [2.45, 2.75) is 70.6 Å². The van der Waals surface area contributed by atoms with Crippen molar-refractivity contribution in [3.8, 4) is 0 Å². The van der Waals surface area contributed by atoms with Crippen LogP contribution >= 0.6 is 0 Å². The molecule has 0 saturated heterocycles. The zero-order valence-electron chi connectivity index (χ0n) is 13.9. The first kappa shape index (κ1) is 15.2. The number of rotatable bonds is 0.